The predicted octanol–water partition coefficient (Wildman–Crippen LogP) is 5.46. The van der Waals surface area contributed by atoms with E-state index in [0.717, 1.165) is 126 Å². The highest BCUT2D eigenvalue weighted by atomic mass is 19.4. The van der Waals surface area contributed by atoms with Crippen LogP contribution in [0.1, 0.15) is 106 Å². The lowest BCUT2D eigenvalue weighted by Crippen LogP contribution is -2.48. The average Bonchev–Trinajstić information content (AvgIpc) is 3.77. The summed E-state index contributed by atoms with van der Waals surface area (Å²) in [5, 5.41) is 16.3. The number of fused-ring (bicyclic) bond motifs is 2. The van der Waals surface area contributed by atoms with Crippen LogP contribution < -0.4 is 16.3 Å². The molecule has 8 rings (SSSR count). The monoisotopic (exact) mass is 895 g/mol. The number of halogens is 3. The van der Waals surface area contributed by atoms with Crippen LogP contribution in [0.5, 0.6) is 0 Å². The molecule has 2 saturated carbocycles. The van der Waals surface area contributed by atoms with Crippen LogP contribution in [0.15, 0.2) is 35.4 Å². The molecule has 0 unspecified atom stereocenters. The van der Waals surface area contributed by atoms with E-state index in [9.17, 15) is 32.7 Å². The Kier molecular flexibility index (Phi) is 15.1. The van der Waals surface area contributed by atoms with Gasteiger partial charge in [0.05, 0.1) is 43.4 Å². The summed E-state index contributed by atoms with van der Waals surface area (Å²) in [5.74, 6) is 0.515. The van der Waals surface area contributed by atoms with Crippen LogP contribution in [0.4, 0.5) is 19.1 Å². The number of aromatic nitrogens is 5. The van der Waals surface area contributed by atoms with Crippen molar-refractivity contribution in [2.75, 3.05) is 77.6 Å². The van der Waals surface area contributed by atoms with Gasteiger partial charge in [0, 0.05) is 89.7 Å². The molecule has 0 bridgehead atoms. The smallest absolute Gasteiger partial charge is 0.390 e. The van der Waals surface area contributed by atoms with Gasteiger partial charge in [0.2, 0.25) is 17.8 Å². The quantitative estimate of drug-likeness (QED) is 0.0860. The van der Waals surface area contributed by atoms with E-state index >= 15 is 0 Å². The zero-order valence-corrected chi connectivity index (χ0v) is 37.0. The van der Waals surface area contributed by atoms with Crippen LogP contribution in [0, 0.1) is 5.92 Å². The summed E-state index contributed by atoms with van der Waals surface area (Å²) in [6.07, 6.45) is 8.33. The number of hydrogen-bond acceptors (Lipinski definition) is 11. The van der Waals surface area contributed by atoms with Crippen molar-refractivity contribution >= 4 is 39.8 Å². The number of nitrogens with zero attached hydrogens (tertiary/aromatic N) is 7. The number of aliphatic hydroxyl groups is 1. The molecule has 2 aliphatic carbocycles. The van der Waals surface area contributed by atoms with Crippen molar-refractivity contribution in [2.45, 2.75) is 114 Å². The summed E-state index contributed by atoms with van der Waals surface area (Å²) < 4.78 is 55.4. The first-order valence-corrected chi connectivity index (χ1v) is 23.4. The molecule has 15 nitrogen and oxygen atoms in total. The normalized spacial score (nSPS) is 24.2. The highest BCUT2D eigenvalue weighted by molar-refractivity contribution is 6.00. The maximum absolute atomic E-state index is 13.0. The molecule has 3 aromatic heterocycles. The lowest BCUT2D eigenvalue weighted by molar-refractivity contribution is -0.136. The molecular weight excluding hydrogens is 832 g/mol. The van der Waals surface area contributed by atoms with Gasteiger partial charge in [-0.25, -0.2) is 9.78 Å². The molecule has 5 heterocycles. The Bertz CT molecular complexity index is 2270. The van der Waals surface area contributed by atoms with E-state index in [4.69, 9.17) is 14.5 Å². The topological polar surface area (TPSA) is 161 Å². The number of ether oxygens (including phenoxy) is 2. The number of aliphatic hydroxyl groups excluding tert-OH is 1. The fourth-order valence-corrected chi connectivity index (χ4v) is 10.3. The molecule has 2 amide bonds. The maximum Gasteiger partial charge on any atom is 0.390 e. The van der Waals surface area contributed by atoms with E-state index in [1.165, 1.54) is 10.1 Å². The number of benzene rings is 1. The fraction of sp³-hybridized carbons (Fsp3) is 0.674. The van der Waals surface area contributed by atoms with Gasteiger partial charge in [0.15, 0.2) is 0 Å². The summed E-state index contributed by atoms with van der Waals surface area (Å²) >= 11 is 0. The number of piperidine rings is 1. The molecule has 4 aliphatic rings. The van der Waals surface area contributed by atoms with Gasteiger partial charge in [-0.1, -0.05) is 6.07 Å². The highest BCUT2D eigenvalue weighted by Crippen LogP contribution is 2.42. The number of aryl methyl sites for hydroxylation is 2. The number of amides is 2. The molecule has 18 heteroatoms. The number of nitrogens with one attached hydrogen (secondary N) is 2. The van der Waals surface area contributed by atoms with Gasteiger partial charge in [-0.3, -0.25) is 28.9 Å². The van der Waals surface area contributed by atoms with Gasteiger partial charge in [-0.2, -0.15) is 18.2 Å². The van der Waals surface area contributed by atoms with E-state index in [-0.39, 0.29) is 42.7 Å². The Hall–Kier alpha value is -4.36. The Balaban J connectivity index is 0.707. The number of imide groups is 1. The van der Waals surface area contributed by atoms with Gasteiger partial charge in [0.1, 0.15) is 11.7 Å². The molecule has 0 spiro atoms. The number of carbonyl (C=O) groups is 2. The van der Waals surface area contributed by atoms with E-state index in [0.29, 0.717) is 50.2 Å². The van der Waals surface area contributed by atoms with Gasteiger partial charge in [-0.15, -0.1) is 0 Å². The maximum atomic E-state index is 13.0. The Morgan fingerprint density at radius 2 is 1.62 bits per heavy atom. The molecule has 3 N–H and O–H groups in total. The van der Waals surface area contributed by atoms with Crippen molar-refractivity contribution in [3.63, 3.8) is 0 Å². The summed E-state index contributed by atoms with van der Waals surface area (Å²) in [6, 6.07) is 5.37. The second-order valence-corrected chi connectivity index (χ2v) is 18.4. The number of carbonyl (C=O) groups excluding carboxylic acids is 2. The SMILES string of the molecule is Cn1c(=O)n([C@H]2CCC(=O)NC2=O)c2ccc(CCCOCCOCCN3CCN(C[C@H]4CC[C@H](c5cn([C@H]6CC[C@H](O)CC6)c6nc(NCCC(F)(F)F)ncc65)CC4)CC3)cc21. The number of hydrogen-bond donors (Lipinski definition) is 3. The summed E-state index contributed by atoms with van der Waals surface area (Å²) in [6.45, 7) is 8.27. The van der Waals surface area contributed by atoms with Crippen LogP contribution >= 0.6 is 0 Å². The van der Waals surface area contributed by atoms with Crippen molar-refractivity contribution in [1.82, 2.24) is 38.8 Å². The van der Waals surface area contributed by atoms with Crippen molar-refractivity contribution < 1.29 is 37.3 Å². The molecule has 4 fully saturated rings. The van der Waals surface area contributed by atoms with Crippen LogP contribution in [-0.2, 0) is 32.5 Å². The lowest BCUT2D eigenvalue weighted by atomic mass is 9.78. The molecular formula is C46H64F3N9O6. The van der Waals surface area contributed by atoms with Gasteiger partial charge in [-0.05, 0) is 106 Å². The minimum Gasteiger partial charge on any atom is -0.393 e. The lowest BCUT2D eigenvalue weighted by Gasteiger charge is -2.38. The molecule has 64 heavy (non-hydrogen) atoms. The Morgan fingerprint density at radius 1 is 0.891 bits per heavy atom. The van der Waals surface area contributed by atoms with Crippen molar-refractivity contribution in [3.05, 3.63) is 52.2 Å². The van der Waals surface area contributed by atoms with Crippen molar-refractivity contribution in [1.29, 1.82) is 0 Å². The summed E-state index contributed by atoms with van der Waals surface area (Å²) in [7, 11) is 1.70. The van der Waals surface area contributed by atoms with Crippen LogP contribution in [-0.4, -0.2) is 135 Å². The molecule has 1 atom stereocenters. The zero-order chi connectivity index (χ0) is 44.8. The van der Waals surface area contributed by atoms with Crippen LogP contribution in [0.25, 0.3) is 22.1 Å². The zero-order valence-electron chi connectivity index (χ0n) is 37.0. The largest absolute Gasteiger partial charge is 0.393 e. The minimum atomic E-state index is -4.25. The van der Waals surface area contributed by atoms with Crippen LogP contribution in [0.2, 0.25) is 0 Å². The fourth-order valence-electron chi connectivity index (χ4n) is 10.3. The first kappa shape index (κ1) is 46.2. The Labute approximate surface area is 371 Å². The highest BCUT2D eigenvalue weighted by Gasteiger charge is 2.33. The standard InChI is InChI=1S/C46H64F3N9O6/c1-54-40-27-31(6-13-38(40)58(45(54)62)39-14-15-41(60)52-43(39)61)3-2-23-63-25-26-64-24-22-55-18-20-56(21-19-55)29-32-4-7-33(8-5-32)37-30-57(34-9-11-35(59)12-10-34)42-36(37)28-51-44(53-42)50-17-16-46(47,48)49/h6,13,27-28,30,32-35,39,59H,2-5,7-12,14-26,29H2,1H3,(H,50,51,53)(H,52,60,61)/t32-,33-,34-,35-,39-/m0/s1. The predicted molar refractivity (Wildman–Crippen MR) is 236 cm³/mol. The third-order valence-corrected chi connectivity index (χ3v) is 14.0. The van der Waals surface area contributed by atoms with E-state index in [1.54, 1.807) is 17.8 Å². The number of rotatable bonds is 18. The molecule has 0 radical (unpaired) electrons. The van der Waals surface area contributed by atoms with Crippen molar-refractivity contribution in [3.8, 4) is 0 Å². The van der Waals surface area contributed by atoms with Gasteiger partial charge >= 0.3 is 11.9 Å². The van der Waals surface area contributed by atoms with Crippen LogP contribution in [0.3, 0.4) is 0 Å². The second-order valence-electron chi connectivity index (χ2n) is 18.4. The summed E-state index contributed by atoms with van der Waals surface area (Å²) in [5.41, 5.74) is 4.28. The second kappa shape index (κ2) is 20.9. The van der Waals surface area contributed by atoms with E-state index in [1.807, 2.05) is 18.2 Å². The number of piperazine rings is 1. The van der Waals surface area contributed by atoms with Gasteiger partial charge < -0.3 is 29.4 Å². The van der Waals surface area contributed by atoms with Gasteiger partial charge in [0.25, 0.3) is 0 Å². The molecule has 2 aliphatic heterocycles. The molecule has 1 aromatic carbocycles. The first-order valence-electron chi connectivity index (χ1n) is 23.4. The van der Waals surface area contributed by atoms with Crippen molar-refractivity contribution in [2.24, 2.45) is 13.0 Å². The third kappa shape index (κ3) is 11.4. The number of anilines is 1. The minimum absolute atomic E-state index is 0.197. The first-order chi connectivity index (χ1) is 30.9. The van der Waals surface area contributed by atoms with E-state index in [2.05, 4.69) is 36.2 Å². The summed E-state index contributed by atoms with van der Waals surface area (Å²) in [4.78, 5) is 51.4. The average molecular weight is 896 g/mol. The van der Waals surface area contributed by atoms with E-state index < -0.39 is 24.5 Å². The number of imidazole rings is 1. The molecule has 350 valence electrons. The Morgan fingerprint density at radius 3 is 2.36 bits per heavy atom. The third-order valence-electron chi connectivity index (χ3n) is 14.0. The molecule has 2 saturated heterocycles. The number of alkyl halides is 3. The molecule has 4 aromatic rings.